The third kappa shape index (κ3) is 3.08. The number of para-hydroxylation sites is 2. The monoisotopic (exact) mass is 391 g/mol. The van der Waals surface area contributed by atoms with Crippen LogP contribution >= 0.6 is 11.8 Å². The van der Waals surface area contributed by atoms with Gasteiger partial charge in [0.2, 0.25) is 0 Å². The highest BCUT2D eigenvalue weighted by Gasteiger charge is 2.51. The lowest BCUT2D eigenvalue weighted by atomic mass is 9.93. The molecule has 2 aliphatic rings. The Hall–Kier alpha value is -2.07. The Balaban J connectivity index is 1.90. The van der Waals surface area contributed by atoms with Crippen LogP contribution in [0.5, 0.6) is 0 Å². The van der Waals surface area contributed by atoms with E-state index in [9.17, 15) is 0 Å². The van der Waals surface area contributed by atoms with Gasteiger partial charge in [-0.15, -0.1) is 0 Å². The van der Waals surface area contributed by atoms with E-state index in [0.717, 1.165) is 36.0 Å². The van der Waals surface area contributed by atoms with Crippen LogP contribution in [0.2, 0.25) is 0 Å². The molecule has 0 bridgehead atoms. The number of hydrogen-bond donors (Lipinski definition) is 0. The summed E-state index contributed by atoms with van der Waals surface area (Å²) in [5.41, 5.74) is 6.09. The fourth-order valence-electron chi connectivity index (χ4n) is 4.62. The molecule has 0 radical (unpaired) electrons. The number of hydrogen-bond acceptors (Lipinski definition) is 3. The van der Waals surface area contributed by atoms with Gasteiger partial charge < -0.3 is 4.90 Å². The van der Waals surface area contributed by atoms with E-state index in [1.165, 1.54) is 35.2 Å². The predicted molar refractivity (Wildman–Crippen MR) is 123 cm³/mol. The van der Waals surface area contributed by atoms with Crippen molar-refractivity contribution >= 4 is 34.1 Å². The molecule has 3 nitrogen and oxygen atoms in total. The van der Waals surface area contributed by atoms with E-state index in [1.54, 1.807) is 11.8 Å². The van der Waals surface area contributed by atoms with Crippen molar-refractivity contribution in [3.8, 4) is 0 Å². The highest BCUT2D eigenvalue weighted by Crippen LogP contribution is 2.46. The summed E-state index contributed by atoms with van der Waals surface area (Å²) in [5, 5.41) is 1.07. The molecule has 0 saturated heterocycles. The van der Waals surface area contributed by atoms with Crippen LogP contribution in [0.3, 0.4) is 0 Å². The predicted octanol–water partition coefficient (Wildman–Crippen LogP) is 6.45. The average molecular weight is 392 g/mol. The molecule has 1 fully saturated rings. The molecule has 1 aliphatic carbocycles. The van der Waals surface area contributed by atoms with Gasteiger partial charge in [-0.2, -0.15) is 0 Å². The number of amidine groups is 2. The van der Waals surface area contributed by atoms with Crippen LogP contribution in [0.4, 0.5) is 11.4 Å². The van der Waals surface area contributed by atoms with Gasteiger partial charge in [-0.3, -0.25) is 0 Å². The molecule has 0 unspecified atom stereocenters. The summed E-state index contributed by atoms with van der Waals surface area (Å²) in [5.74, 6) is 1.00. The van der Waals surface area contributed by atoms with Gasteiger partial charge in [0.25, 0.3) is 0 Å². The molecule has 4 rings (SSSR count). The minimum Gasteiger partial charge on any atom is -0.307 e. The van der Waals surface area contributed by atoms with Gasteiger partial charge in [0, 0.05) is 5.69 Å². The van der Waals surface area contributed by atoms with Gasteiger partial charge in [0.15, 0.2) is 11.0 Å². The number of thioether (sulfide) groups is 1. The van der Waals surface area contributed by atoms with E-state index in [-0.39, 0.29) is 5.54 Å². The summed E-state index contributed by atoms with van der Waals surface area (Å²) in [4.78, 5) is 12.8. The van der Waals surface area contributed by atoms with E-state index in [0.29, 0.717) is 0 Å². The molecule has 2 aromatic rings. The van der Waals surface area contributed by atoms with Gasteiger partial charge in [0.05, 0.1) is 5.69 Å². The molecule has 0 atom stereocenters. The summed E-state index contributed by atoms with van der Waals surface area (Å²) in [6, 6.07) is 15.2. The maximum atomic E-state index is 5.24. The zero-order chi connectivity index (χ0) is 19.7. The number of aliphatic imine (C=N–C) groups is 2. The zero-order valence-corrected chi connectivity index (χ0v) is 18.1. The summed E-state index contributed by atoms with van der Waals surface area (Å²) in [7, 11) is 0. The normalized spacial score (nSPS) is 19.6. The summed E-state index contributed by atoms with van der Waals surface area (Å²) in [6.45, 7) is 6.56. The first kappa shape index (κ1) is 19.3. The Labute approximate surface area is 173 Å². The molecular formula is C24H29N3S. The second-order valence-corrected chi connectivity index (χ2v) is 8.60. The third-order valence-electron chi connectivity index (χ3n) is 6.13. The van der Waals surface area contributed by atoms with Gasteiger partial charge in [-0.05, 0) is 62.1 Å². The Bertz CT molecular complexity index is 939. The van der Waals surface area contributed by atoms with E-state index < -0.39 is 0 Å². The van der Waals surface area contributed by atoms with Gasteiger partial charge in [-0.1, -0.05) is 67.9 Å². The molecule has 1 saturated carbocycles. The fourth-order valence-corrected chi connectivity index (χ4v) is 5.25. The van der Waals surface area contributed by atoms with Crippen LogP contribution in [0.25, 0.3) is 0 Å². The number of aryl methyl sites for hydroxylation is 3. The van der Waals surface area contributed by atoms with Crippen LogP contribution in [0.1, 0.15) is 49.3 Å². The molecule has 0 aromatic heterocycles. The Morgan fingerprint density at radius 3 is 2.43 bits per heavy atom. The zero-order valence-electron chi connectivity index (χ0n) is 17.3. The van der Waals surface area contributed by atoms with Crippen LogP contribution in [0, 0.1) is 13.8 Å². The van der Waals surface area contributed by atoms with Crippen molar-refractivity contribution in [3.05, 3.63) is 59.2 Å². The molecular weight excluding hydrogens is 362 g/mol. The number of rotatable bonds is 3. The second kappa shape index (κ2) is 7.75. The van der Waals surface area contributed by atoms with Crippen LogP contribution in [-0.4, -0.2) is 22.8 Å². The molecule has 1 aliphatic heterocycles. The van der Waals surface area contributed by atoms with Gasteiger partial charge in [0.1, 0.15) is 5.54 Å². The molecule has 1 spiro atoms. The smallest absolute Gasteiger partial charge is 0.170 e. The molecule has 0 N–H and O–H groups in total. The van der Waals surface area contributed by atoms with E-state index in [4.69, 9.17) is 9.98 Å². The second-order valence-electron chi connectivity index (χ2n) is 7.83. The lowest BCUT2D eigenvalue weighted by molar-refractivity contribution is 0.592. The van der Waals surface area contributed by atoms with Crippen LogP contribution in [0.15, 0.2) is 52.4 Å². The molecule has 146 valence electrons. The van der Waals surface area contributed by atoms with Crippen molar-refractivity contribution < 1.29 is 0 Å². The molecule has 28 heavy (non-hydrogen) atoms. The van der Waals surface area contributed by atoms with E-state index in [2.05, 4.69) is 74.4 Å². The highest BCUT2D eigenvalue weighted by molar-refractivity contribution is 8.13. The van der Waals surface area contributed by atoms with Crippen molar-refractivity contribution in [2.45, 2.75) is 58.4 Å². The fraction of sp³-hybridized carbons (Fsp3) is 0.417. The lowest BCUT2D eigenvalue weighted by Gasteiger charge is -2.37. The van der Waals surface area contributed by atoms with E-state index in [1.807, 2.05) is 0 Å². The van der Waals surface area contributed by atoms with Crippen LogP contribution in [-0.2, 0) is 6.42 Å². The molecule has 1 heterocycles. The summed E-state index contributed by atoms with van der Waals surface area (Å²) < 4.78 is 0. The third-order valence-corrected chi connectivity index (χ3v) is 6.77. The molecule has 4 heteroatoms. The molecule has 2 aromatic carbocycles. The lowest BCUT2D eigenvalue weighted by Crippen LogP contribution is -2.49. The van der Waals surface area contributed by atoms with Gasteiger partial charge in [-0.25, -0.2) is 9.98 Å². The summed E-state index contributed by atoms with van der Waals surface area (Å²) >= 11 is 1.73. The highest BCUT2D eigenvalue weighted by atomic mass is 32.2. The first-order valence-corrected chi connectivity index (χ1v) is 11.5. The van der Waals surface area contributed by atoms with Crippen molar-refractivity contribution in [2.24, 2.45) is 9.98 Å². The first-order chi connectivity index (χ1) is 13.6. The van der Waals surface area contributed by atoms with Crippen molar-refractivity contribution in [2.75, 3.05) is 11.2 Å². The standard InChI is InChI=1S/C24H29N3S/c1-5-19-13-10-12-18(3)21(19)25-22-24(15-8-9-16-24)27(23(26-22)28-4)20-14-7-6-11-17(20)2/h6-7,10-14H,5,8-9,15-16H2,1-4H3. The SMILES string of the molecule is CCc1cccc(C)c1N=C1N=C(SC)N(c2ccccc2C)C12CCCC2. The average Bonchev–Trinajstić information content (AvgIpc) is 3.30. The van der Waals surface area contributed by atoms with Crippen molar-refractivity contribution in [1.82, 2.24) is 0 Å². The molecule has 0 amide bonds. The number of anilines is 1. The van der Waals surface area contributed by atoms with Crippen molar-refractivity contribution in [1.29, 1.82) is 0 Å². The quantitative estimate of drug-likeness (QED) is 0.601. The topological polar surface area (TPSA) is 28.0 Å². The Morgan fingerprint density at radius 2 is 1.75 bits per heavy atom. The largest absolute Gasteiger partial charge is 0.307 e. The minimum absolute atomic E-state index is 0.113. The maximum Gasteiger partial charge on any atom is 0.170 e. The Kier molecular flexibility index (Phi) is 5.33. The Morgan fingerprint density at radius 1 is 1.04 bits per heavy atom. The van der Waals surface area contributed by atoms with Crippen LogP contribution < -0.4 is 4.90 Å². The number of benzene rings is 2. The van der Waals surface area contributed by atoms with Crippen molar-refractivity contribution in [3.63, 3.8) is 0 Å². The van der Waals surface area contributed by atoms with E-state index >= 15 is 0 Å². The maximum absolute atomic E-state index is 5.24. The summed E-state index contributed by atoms with van der Waals surface area (Å²) in [6.07, 6.45) is 7.80. The van der Waals surface area contributed by atoms with Gasteiger partial charge >= 0.3 is 0 Å². The minimum atomic E-state index is -0.113. The first-order valence-electron chi connectivity index (χ1n) is 10.3. The number of nitrogens with zero attached hydrogens (tertiary/aromatic N) is 3.